The van der Waals surface area contributed by atoms with Crippen molar-refractivity contribution < 1.29 is 37.0 Å². The summed E-state index contributed by atoms with van der Waals surface area (Å²) in [5, 5.41) is 9.14. The van der Waals surface area contributed by atoms with E-state index in [1.807, 2.05) is 6.92 Å². The molecule has 0 saturated carbocycles. The summed E-state index contributed by atoms with van der Waals surface area (Å²) >= 11 is 0. The molecule has 0 bridgehead atoms. The first-order valence-corrected chi connectivity index (χ1v) is 9.98. The third-order valence-electron chi connectivity index (χ3n) is 4.95. The first kappa shape index (κ1) is 23.2. The second kappa shape index (κ2) is 9.38. The molecule has 170 valence electrons. The van der Waals surface area contributed by atoms with Gasteiger partial charge in [0.05, 0.1) is 5.56 Å². The van der Waals surface area contributed by atoms with E-state index in [-0.39, 0.29) is 6.61 Å². The lowest BCUT2D eigenvalue weighted by atomic mass is 10.1. The van der Waals surface area contributed by atoms with Gasteiger partial charge in [-0.05, 0) is 67.8 Å². The molecule has 0 amide bonds. The van der Waals surface area contributed by atoms with Crippen molar-refractivity contribution in [3.63, 3.8) is 0 Å². The van der Waals surface area contributed by atoms with Crippen LogP contribution in [0.4, 0.5) is 13.2 Å². The predicted octanol–water partition coefficient (Wildman–Crippen LogP) is 6.40. The number of halogens is 3. The molecule has 2 aromatic carbocycles. The number of rotatable bonds is 8. The number of carboxylic acid groups (broad SMARTS) is 1. The summed E-state index contributed by atoms with van der Waals surface area (Å²) < 4.78 is 55.4. The SMILES string of the molecule is CCC(Oc1ccc(OCc2oc(-c3ccc(C(F)(F)F)cc3)cc2C)cc1C)C(=O)O. The summed E-state index contributed by atoms with van der Waals surface area (Å²) in [6.07, 6.45) is -4.97. The highest BCUT2D eigenvalue weighted by atomic mass is 19.4. The van der Waals surface area contributed by atoms with Gasteiger partial charge in [-0.25, -0.2) is 4.79 Å². The number of carboxylic acids is 1. The highest BCUT2D eigenvalue weighted by molar-refractivity contribution is 5.72. The molecular formula is C24H23F3O5. The van der Waals surface area contributed by atoms with Gasteiger partial charge in [0.2, 0.25) is 0 Å². The summed E-state index contributed by atoms with van der Waals surface area (Å²) in [6, 6.07) is 11.6. The van der Waals surface area contributed by atoms with Gasteiger partial charge in [0.1, 0.15) is 29.6 Å². The highest BCUT2D eigenvalue weighted by Gasteiger charge is 2.30. The average Bonchev–Trinajstić information content (AvgIpc) is 3.11. The Balaban J connectivity index is 1.68. The van der Waals surface area contributed by atoms with Crippen LogP contribution >= 0.6 is 0 Å². The van der Waals surface area contributed by atoms with E-state index >= 15 is 0 Å². The average molecular weight is 448 g/mol. The number of furan rings is 1. The van der Waals surface area contributed by atoms with Crippen molar-refractivity contribution in [1.82, 2.24) is 0 Å². The molecule has 0 radical (unpaired) electrons. The lowest BCUT2D eigenvalue weighted by molar-refractivity contribution is -0.145. The number of carbonyl (C=O) groups is 1. The van der Waals surface area contributed by atoms with E-state index in [1.54, 1.807) is 38.1 Å². The summed E-state index contributed by atoms with van der Waals surface area (Å²) in [7, 11) is 0. The molecule has 8 heteroatoms. The predicted molar refractivity (Wildman–Crippen MR) is 112 cm³/mol. The van der Waals surface area contributed by atoms with E-state index in [9.17, 15) is 18.0 Å². The molecule has 1 aromatic heterocycles. The van der Waals surface area contributed by atoms with Crippen LogP contribution in [-0.4, -0.2) is 17.2 Å². The lowest BCUT2D eigenvalue weighted by Gasteiger charge is -2.16. The van der Waals surface area contributed by atoms with Crippen molar-refractivity contribution in [1.29, 1.82) is 0 Å². The van der Waals surface area contributed by atoms with E-state index in [4.69, 9.17) is 19.0 Å². The number of ether oxygens (including phenoxy) is 2. The minimum absolute atomic E-state index is 0.124. The van der Waals surface area contributed by atoms with Gasteiger partial charge in [-0.3, -0.25) is 0 Å². The van der Waals surface area contributed by atoms with E-state index < -0.39 is 23.8 Å². The molecule has 0 aliphatic rings. The Morgan fingerprint density at radius 1 is 1.06 bits per heavy atom. The van der Waals surface area contributed by atoms with Gasteiger partial charge in [0, 0.05) is 5.56 Å². The molecule has 1 heterocycles. The first-order valence-electron chi connectivity index (χ1n) is 9.98. The van der Waals surface area contributed by atoms with Crippen LogP contribution in [0, 0.1) is 13.8 Å². The van der Waals surface area contributed by atoms with Crippen LogP contribution in [0.2, 0.25) is 0 Å². The second-order valence-corrected chi connectivity index (χ2v) is 7.36. The lowest BCUT2D eigenvalue weighted by Crippen LogP contribution is -2.26. The minimum atomic E-state index is -4.39. The monoisotopic (exact) mass is 448 g/mol. The molecule has 1 atom stereocenters. The fourth-order valence-corrected chi connectivity index (χ4v) is 3.08. The van der Waals surface area contributed by atoms with Crippen LogP contribution in [0.5, 0.6) is 11.5 Å². The highest BCUT2D eigenvalue weighted by Crippen LogP contribution is 2.32. The van der Waals surface area contributed by atoms with Crippen molar-refractivity contribution >= 4 is 5.97 Å². The Labute approximate surface area is 183 Å². The topological polar surface area (TPSA) is 68.9 Å². The molecular weight excluding hydrogens is 425 g/mol. The Kier molecular flexibility index (Phi) is 6.81. The number of alkyl halides is 3. The van der Waals surface area contributed by atoms with Crippen molar-refractivity contribution in [3.05, 3.63) is 71.0 Å². The van der Waals surface area contributed by atoms with E-state index in [2.05, 4.69) is 0 Å². The number of benzene rings is 2. The summed E-state index contributed by atoms with van der Waals surface area (Å²) in [5.74, 6) is 0.990. The van der Waals surface area contributed by atoms with Gasteiger partial charge < -0.3 is 19.0 Å². The molecule has 3 rings (SSSR count). The molecule has 1 N–H and O–H groups in total. The van der Waals surface area contributed by atoms with Crippen LogP contribution in [0.15, 0.2) is 52.9 Å². The second-order valence-electron chi connectivity index (χ2n) is 7.36. The van der Waals surface area contributed by atoms with Crippen molar-refractivity contribution in [2.24, 2.45) is 0 Å². The Bertz CT molecular complexity index is 1080. The molecule has 5 nitrogen and oxygen atoms in total. The maximum Gasteiger partial charge on any atom is 0.416 e. The summed E-state index contributed by atoms with van der Waals surface area (Å²) in [6.45, 7) is 5.47. The maximum atomic E-state index is 12.7. The Hall–Kier alpha value is -3.42. The first-order chi connectivity index (χ1) is 15.1. The van der Waals surface area contributed by atoms with Gasteiger partial charge in [-0.1, -0.05) is 19.1 Å². The van der Waals surface area contributed by atoms with Gasteiger partial charge in [-0.2, -0.15) is 13.2 Å². The van der Waals surface area contributed by atoms with E-state index in [1.165, 1.54) is 12.1 Å². The number of hydrogen-bond donors (Lipinski definition) is 1. The third-order valence-corrected chi connectivity index (χ3v) is 4.95. The molecule has 0 saturated heterocycles. The zero-order chi connectivity index (χ0) is 23.5. The van der Waals surface area contributed by atoms with Crippen LogP contribution in [0.1, 0.15) is 35.8 Å². The van der Waals surface area contributed by atoms with Crippen LogP contribution < -0.4 is 9.47 Å². The molecule has 32 heavy (non-hydrogen) atoms. The normalized spacial score (nSPS) is 12.4. The minimum Gasteiger partial charge on any atom is -0.486 e. The third kappa shape index (κ3) is 5.43. The van der Waals surface area contributed by atoms with Gasteiger partial charge in [0.25, 0.3) is 0 Å². The van der Waals surface area contributed by atoms with Crippen molar-refractivity contribution in [2.75, 3.05) is 0 Å². The number of aliphatic carboxylic acids is 1. The van der Waals surface area contributed by atoms with E-state index in [0.29, 0.717) is 35.0 Å². The Morgan fingerprint density at radius 2 is 1.75 bits per heavy atom. The molecule has 0 aliphatic carbocycles. The van der Waals surface area contributed by atoms with Crippen molar-refractivity contribution in [2.45, 2.75) is 46.1 Å². The Morgan fingerprint density at radius 3 is 2.31 bits per heavy atom. The standard InChI is InChI=1S/C24H23F3O5/c1-4-19(23(28)29)31-20-10-9-18(11-14(20)2)30-13-22-15(3)12-21(32-22)16-5-7-17(8-6-16)24(25,26)27/h5-12,19H,4,13H2,1-3H3,(H,28,29). The number of hydrogen-bond acceptors (Lipinski definition) is 4. The zero-order valence-corrected chi connectivity index (χ0v) is 17.8. The summed E-state index contributed by atoms with van der Waals surface area (Å²) in [4.78, 5) is 11.2. The zero-order valence-electron chi connectivity index (χ0n) is 17.8. The van der Waals surface area contributed by atoms with Crippen LogP contribution in [-0.2, 0) is 17.6 Å². The molecule has 0 aliphatic heterocycles. The van der Waals surface area contributed by atoms with E-state index in [0.717, 1.165) is 23.3 Å². The fourth-order valence-electron chi connectivity index (χ4n) is 3.08. The molecule has 1 unspecified atom stereocenters. The molecule has 0 spiro atoms. The molecule has 3 aromatic rings. The van der Waals surface area contributed by atoms with Crippen LogP contribution in [0.25, 0.3) is 11.3 Å². The maximum absolute atomic E-state index is 12.7. The van der Waals surface area contributed by atoms with Crippen LogP contribution in [0.3, 0.4) is 0 Å². The summed E-state index contributed by atoms with van der Waals surface area (Å²) in [5.41, 5.74) is 1.35. The van der Waals surface area contributed by atoms with Gasteiger partial charge in [0.15, 0.2) is 6.10 Å². The smallest absolute Gasteiger partial charge is 0.416 e. The molecule has 0 fully saturated rings. The largest absolute Gasteiger partial charge is 0.486 e. The van der Waals surface area contributed by atoms with Gasteiger partial charge in [-0.15, -0.1) is 0 Å². The van der Waals surface area contributed by atoms with Gasteiger partial charge >= 0.3 is 12.1 Å². The fraction of sp³-hybridized carbons (Fsp3) is 0.292. The number of aryl methyl sites for hydroxylation is 2. The quantitative estimate of drug-likeness (QED) is 0.432. The van der Waals surface area contributed by atoms with Crippen molar-refractivity contribution in [3.8, 4) is 22.8 Å².